The molecular formula is C15H25N3O3. The van der Waals surface area contributed by atoms with Crippen LogP contribution in [0.4, 0.5) is 5.82 Å². The molecule has 0 aliphatic heterocycles. The first-order valence-corrected chi connectivity index (χ1v) is 7.33. The first kappa shape index (κ1) is 17.4. The summed E-state index contributed by atoms with van der Waals surface area (Å²) in [6, 6.07) is 3.54. The van der Waals surface area contributed by atoms with Crippen molar-refractivity contribution in [1.29, 1.82) is 0 Å². The van der Waals surface area contributed by atoms with Crippen molar-refractivity contribution in [3.05, 3.63) is 23.9 Å². The fourth-order valence-electron chi connectivity index (χ4n) is 1.77. The van der Waals surface area contributed by atoms with Gasteiger partial charge in [0.2, 0.25) is 0 Å². The number of carbonyl (C=O) groups is 1. The number of amides is 1. The van der Waals surface area contributed by atoms with Crippen molar-refractivity contribution in [1.82, 2.24) is 10.3 Å². The zero-order chi connectivity index (χ0) is 15.3. The number of hydrogen-bond donors (Lipinski definition) is 2. The van der Waals surface area contributed by atoms with Crippen LogP contribution in [0.5, 0.6) is 0 Å². The Kier molecular flexibility index (Phi) is 9.15. The van der Waals surface area contributed by atoms with Crippen molar-refractivity contribution >= 4 is 11.7 Å². The normalized spacial score (nSPS) is 10.4. The standard InChI is InChI=1S/C15H25N3O3/c1-3-16-14-13(7-6-9-17-14)15(19)18-8-4-5-10-21-12-11-20-2/h6-7,9H,3-5,8,10-12H2,1-2H3,(H,16,17)(H,18,19). The maximum atomic E-state index is 12.1. The Balaban J connectivity index is 2.22. The number of unbranched alkanes of at least 4 members (excludes halogenated alkanes) is 1. The van der Waals surface area contributed by atoms with Gasteiger partial charge in [-0.05, 0) is 31.9 Å². The molecule has 1 amide bonds. The van der Waals surface area contributed by atoms with E-state index in [0.717, 1.165) is 19.4 Å². The molecule has 2 N–H and O–H groups in total. The number of hydrogen-bond acceptors (Lipinski definition) is 5. The van der Waals surface area contributed by atoms with E-state index in [9.17, 15) is 4.79 Å². The van der Waals surface area contributed by atoms with Crippen molar-refractivity contribution in [3.63, 3.8) is 0 Å². The zero-order valence-electron chi connectivity index (χ0n) is 12.9. The van der Waals surface area contributed by atoms with Gasteiger partial charge < -0.3 is 20.1 Å². The molecule has 118 valence electrons. The average Bonchev–Trinajstić information content (AvgIpc) is 2.50. The Labute approximate surface area is 126 Å². The highest BCUT2D eigenvalue weighted by molar-refractivity contribution is 5.98. The highest BCUT2D eigenvalue weighted by Crippen LogP contribution is 2.10. The Hall–Kier alpha value is -1.66. The minimum Gasteiger partial charge on any atom is -0.382 e. The van der Waals surface area contributed by atoms with Crippen molar-refractivity contribution in [2.24, 2.45) is 0 Å². The van der Waals surface area contributed by atoms with Crippen LogP contribution in [0.15, 0.2) is 18.3 Å². The lowest BCUT2D eigenvalue weighted by molar-refractivity contribution is 0.0686. The highest BCUT2D eigenvalue weighted by Gasteiger charge is 2.10. The van der Waals surface area contributed by atoms with Gasteiger partial charge in [-0.15, -0.1) is 0 Å². The molecule has 0 saturated heterocycles. The first-order chi connectivity index (χ1) is 10.3. The van der Waals surface area contributed by atoms with Crippen LogP contribution in [0.3, 0.4) is 0 Å². The van der Waals surface area contributed by atoms with Crippen molar-refractivity contribution < 1.29 is 14.3 Å². The van der Waals surface area contributed by atoms with E-state index in [2.05, 4.69) is 15.6 Å². The molecule has 0 bridgehead atoms. The van der Waals surface area contributed by atoms with Crippen LogP contribution in [0.1, 0.15) is 30.1 Å². The van der Waals surface area contributed by atoms with Gasteiger partial charge in [0.15, 0.2) is 0 Å². The second kappa shape index (κ2) is 11.0. The largest absolute Gasteiger partial charge is 0.382 e. The van der Waals surface area contributed by atoms with E-state index in [4.69, 9.17) is 9.47 Å². The Morgan fingerprint density at radius 1 is 1.29 bits per heavy atom. The van der Waals surface area contributed by atoms with Crippen molar-refractivity contribution in [3.8, 4) is 0 Å². The number of anilines is 1. The quantitative estimate of drug-likeness (QED) is 0.608. The first-order valence-electron chi connectivity index (χ1n) is 7.33. The predicted octanol–water partition coefficient (Wildman–Crippen LogP) is 1.69. The number of aromatic nitrogens is 1. The summed E-state index contributed by atoms with van der Waals surface area (Å²) in [6.07, 6.45) is 3.47. The third-order valence-electron chi connectivity index (χ3n) is 2.83. The fourth-order valence-corrected chi connectivity index (χ4v) is 1.77. The molecule has 6 heteroatoms. The van der Waals surface area contributed by atoms with E-state index in [1.165, 1.54) is 0 Å². The third kappa shape index (κ3) is 7.06. The van der Waals surface area contributed by atoms with Gasteiger partial charge in [-0.1, -0.05) is 0 Å². The summed E-state index contributed by atoms with van der Waals surface area (Å²) in [5, 5.41) is 5.98. The molecule has 1 heterocycles. The molecule has 0 aromatic carbocycles. The fraction of sp³-hybridized carbons (Fsp3) is 0.600. The number of pyridine rings is 1. The topological polar surface area (TPSA) is 72.5 Å². The van der Waals surface area contributed by atoms with Crippen LogP contribution in [0.2, 0.25) is 0 Å². The molecule has 6 nitrogen and oxygen atoms in total. The zero-order valence-corrected chi connectivity index (χ0v) is 12.9. The summed E-state index contributed by atoms with van der Waals surface area (Å²) in [7, 11) is 1.65. The monoisotopic (exact) mass is 295 g/mol. The number of methoxy groups -OCH3 is 1. The molecule has 1 aromatic rings. The summed E-state index contributed by atoms with van der Waals surface area (Å²) in [4.78, 5) is 16.2. The van der Waals surface area contributed by atoms with Crippen LogP contribution in [-0.2, 0) is 9.47 Å². The molecule has 0 fully saturated rings. The summed E-state index contributed by atoms with van der Waals surface area (Å²) < 4.78 is 10.2. The Morgan fingerprint density at radius 3 is 2.90 bits per heavy atom. The lowest BCUT2D eigenvalue weighted by Crippen LogP contribution is -2.26. The molecule has 1 rings (SSSR count). The third-order valence-corrected chi connectivity index (χ3v) is 2.83. The number of rotatable bonds is 11. The second-order valence-corrected chi connectivity index (χ2v) is 4.50. The highest BCUT2D eigenvalue weighted by atomic mass is 16.5. The van der Waals surface area contributed by atoms with Crippen LogP contribution < -0.4 is 10.6 Å². The summed E-state index contributed by atoms with van der Waals surface area (Å²) in [5.74, 6) is 0.528. The van der Waals surface area contributed by atoms with Gasteiger partial charge in [0.25, 0.3) is 5.91 Å². The number of carbonyl (C=O) groups excluding carboxylic acids is 1. The van der Waals surface area contributed by atoms with Gasteiger partial charge >= 0.3 is 0 Å². The van der Waals surface area contributed by atoms with E-state index in [0.29, 0.717) is 37.7 Å². The lowest BCUT2D eigenvalue weighted by Gasteiger charge is -2.10. The minimum atomic E-state index is -0.0978. The molecule has 21 heavy (non-hydrogen) atoms. The number of nitrogens with zero attached hydrogens (tertiary/aromatic N) is 1. The van der Waals surface area contributed by atoms with Crippen LogP contribution in [-0.4, -0.2) is 50.9 Å². The van der Waals surface area contributed by atoms with Crippen LogP contribution >= 0.6 is 0 Å². The molecule has 1 aromatic heterocycles. The Bertz CT molecular complexity index is 413. The van der Waals surface area contributed by atoms with Gasteiger partial charge in [0.05, 0.1) is 18.8 Å². The second-order valence-electron chi connectivity index (χ2n) is 4.50. The molecule has 0 aliphatic carbocycles. The van der Waals surface area contributed by atoms with E-state index in [1.54, 1.807) is 25.4 Å². The number of nitrogens with one attached hydrogen (secondary N) is 2. The molecule has 0 spiro atoms. The molecule has 0 atom stereocenters. The summed E-state index contributed by atoms with van der Waals surface area (Å²) in [6.45, 7) is 5.26. The predicted molar refractivity (Wildman–Crippen MR) is 82.7 cm³/mol. The molecule has 0 saturated carbocycles. The van der Waals surface area contributed by atoms with Crippen molar-refractivity contribution in [2.45, 2.75) is 19.8 Å². The van der Waals surface area contributed by atoms with E-state index < -0.39 is 0 Å². The van der Waals surface area contributed by atoms with E-state index >= 15 is 0 Å². The van der Waals surface area contributed by atoms with Crippen LogP contribution in [0.25, 0.3) is 0 Å². The van der Waals surface area contributed by atoms with Gasteiger partial charge in [-0.2, -0.15) is 0 Å². The molecular weight excluding hydrogens is 270 g/mol. The van der Waals surface area contributed by atoms with Crippen LogP contribution in [0, 0.1) is 0 Å². The van der Waals surface area contributed by atoms with E-state index in [-0.39, 0.29) is 5.91 Å². The maximum absolute atomic E-state index is 12.1. The van der Waals surface area contributed by atoms with Gasteiger partial charge in [-0.25, -0.2) is 4.98 Å². The van der Waals surface area contributed by atoms with E-state index in [1.807, 2.05) is 6.92 Å². The smallest absolute Gasteiger partial charge is 0.255 e. The summed E-state index contributed by atoms with van der Waals surface area (Å²) >= 11 is 0. The average molecular weight is 295 g/mol. The lowest BCUT2D eigenvalue weighted by atomic mass is 10.2. The minimum absolute atomic E-state index is 0.0978. The van der Waals surface area contributed by atoms with Gasteiger partial charge in [-0.3, -0.25) is 4.79 Å². The number of ether oxygens (including phenoxy) is 2. The summed E-state index contributed by atoms with van der Waals surface area (Å²) in [5.41, 5.74) is 0.579. The maximum Gasteiger partial charge on any atom is 0.255 e. The molecule has 0 aliphatic rings. The van der Waals surface area contributed by atoms with Gasteiger partial charge in [0.1, 0.15) is 5.82 Å². The molecule has 0 unspecified atom stereocenters. The molecule has 0 radical (unpaired) electrons. The SMILES string of the molecule is CCNc1ncccc1C(=O)NCCCCOCCOC. The van der Waals surface area contributed by atoms with Gasteiger partial charge in [0, 0.05) is 33.0 Å². The Morgan fingerprint density at radius 2 is 2.14 bits per heavy atom. The van der Waals surface area contributed by atoms with Crippen molar-refractivity contribution in [2.75, 3.05) is 45.3 Å².